The van der Waals surface area contributed by atoms with Gasteiger partial charge in [0.25, 0.3) is 0 Å². The van der Waals surface area contributed by atoms with Crippen LogP contribution in [-0.4, -0.2) is 12.5 Å². The average Bonchev–Trinajstić information content (AvgIpc) is 2.06. The smallest absolute Gasteiger partial charge is 0.244 e. The van der Waals surface area contributed by atoms with E-state index in [1.807, 2.05) is 35.6 Å². The van der Waals surface area contributed by atoms with E-state index in [2.05, 4.69) is 15.2 Å². The molecule has 3 heteroatoms. The van der Waals surface area contributed by atoms with E-state index < -0.39 is 0 Å². The number of hydrogen-bond donors (Lipinski definition) is 1. The first-order chi connectivity index (χ1) is 5.81. The van der Waals surface area contributed by atoms with Crippen LogP contribution in [0.15, 0.2) is 24.3 Å². The third kappa shape index (κ3) is 7.35. The topological polar surface area (TPSA) is 29.1 Å². The van der Waals surface area contributed by atoms with E-state index in [4.69, 9.17) is 0 Å². The fourth-order valence-electron chi connectivity index (χ4n) is 0.478. The van der Waals surface area contributed by atoms with Gasteiger partial charge in [0.15, 0.2) is 0 Å². The second kappa shape index (κ2) is 8.34. The predicted molar refractivity (Wildman–Crippen MR) is 58.8 cm³/mol. The van der Waals surface area contributed by atoms with Gasteiger partial charge in [0, 0.05) is 28.7 Å². The zero-order valence-corrected chi connectivity index (χ0v) is 8.96. The molecule has 2 nitrogen and oxygen atoms in total. The molecular weight excluding hydrogens is 265 g/mol. The summed E-state index contributed by atoms with van der Waals surface area (Å²) in [4.78, 5) is 10.9. The predicted octanol–water partition coefficient (Wildman–Crippen LogP) is 1.63. The van der Waals surface area contributed by atoms with E-state index in [1.54, 1.807) is 12.2 Å². The van der Waals surface area contributed by atoms with Crippen LogP contribution in [0.5, 0.6) is 0 Å². The summed E-state index contributed by atoms with van der Waals surface area (Å²) >= 11 is 1.93. The molecule has 0 spiro atoms. The van der Waals surface area contributed by atoms with E-state index in [1.165, 1.54) is 6.08 Å². The zero-order valence-electron chi connectivity index (χ0n) is 6.80. The van der Waals surface area contributed by atoms with Gasteiger partial charge in [-0.2, -0.15) is 0 Å². The van der Waals surface area contributed by atoms with Crippen molar-refractivity contribution in [1.29, 1.82) is 0 Å². The van der Waals surface area contributed by atoms with Crippen LogP contribution in [0.1, 0.15) is 6.92 Å². The molecule has 64 valence electrons. The Labute approximate surface area is 86.3 Å². The Balaban J connectivity index is 3.64. The second-order valence-electron chi connectivity index (χ2n) is 1.87. The van der Waals surface area contributed by atoms with Gasteiger partial charge in [-0.3, -0.25) is 4.79 Å². The number of hydrogen-bond acceptors (Lipinski definition) is 1. The van der Waals surface area contributed by atoms with Gasteiger partial charge in [0.2, 0.25) is 5.91 Å². The number of carbonyl (C=O) groups excluding carboxylic acids is 1. The van der Waals surface area contributed by atoms with Crippen molar-refractivity contribution >= 4 is 28.5 Å². The first-order valence-corrected chi connectivity index (χ1v) is 4.54. The van der Waals surface area contributed by atoms with Gasteiger partial charge < -0.3 is 5.32 Å². The maximum Gasteiger partial charge on any atom is 0.244 e. The van der Waals surface area contributed by atoms with E-state index in [9.17, 15) is 4.79 Å². The molecule has 0 saturated heterocycles. The molecule has 0 aromatic rings. The third-order valence-corrected chi connectivity index (χ3v) is 1.35. The molecule has 0 aliphatic heterocycles. The first-order valence-electron chi connectivity index (χ1n) is 3.47. The molecule has 0 heterocycles. The minimum atomic E-state index is -0.118. The molecule has 0 aromatic heterocycles. The van der Waals surface area contributed by atoms with Gasteiger partial charge in [-0.05, 0) is 10.9 Å². The van der Waals surface area contributed by atoms with Crippen LogP contribution < -0.4 is 5.32 Å². The lowest BCUT2D eigenvalue weighted by atomic mass is 10.4. The molecule has 0 atom stereocenters. The van der Waals surface area contributed by atoms with Crippen molar-refractivity contribution in [2.24, 2.45) is 0 Å². The fraction of sp³-hybridized carbons (Fsp3) is 0.222. The Bertz CT molecular complexity index is 245. The molecule has 0 aliphatic carbocycles. The highest BCUT2D eigenvalue weighted by Crippen LogP contribution is 1.76. The number of halogens is 1. The molecule has 0 saturated carbocycles. The molecule has 12 heavy (non-hydrogen) atoms. The molecule has 0 bridgehead atoms. The van der Waals surface area contributed by atoms with Gasteiger partial charge in [-0.1, -0.05) is 24.1 Å². The van der Waals surface area contributed by atoms with Crippen molar-refractivity contribution in [3.63, 3.8) is 0 Å². The molecule has 0 unspecified atom stereocenters. The van der Waals surface area contributed by atoms with Crippen molar-refractivity contribution in [2.45, 2.75) is 6.92 Å². The van der Waals surface area contributed by atoms with Crippen LogP contribution in [0, 0.1) is 9.85 Å². The normalized spacial score (nSPS) is 9.83. The molecule has 1 amide bonds. The van der Waals surface area contributed by atoms with Crippen molar-refractivity contribution in [3.05, 3.63) is 24.3 Å². The van der Waals surface area contributed by atoms with Crippen LogP contribution in [0.4, 0.5) is 0 Å². The quantitative estimate of drug-likeness (QED) is 0.361. The Morgan fingerprint density at radius 2 is 2.33 bits per heavy atom. The van der Waals surface area contributed by atoms with Gasteiger partial charge >= 0.3 is 0 Å². The van der Waals surface area contributed by atoms with Gasteiger partial charge in [0.1, 0.15) is 0 Å². The van der Waals surface area contributed by atoms with Gasteiger partial charge in [-0.15, -0.1) is 0 Å². The van der Waals surface area contributed by atoms with Gasteiger partial charge in [-0.25, -0.2) is 0 Å². The van der Waals surface area contributed by atoms with E-state index in [0.29, 0.717) is 6.54 Å². The van der Waals surface area contributed by atoms with Crippen LogP contribution in [0.3, 0.4) is 0 Å². The summed E-state index contributed by atoms with van der Waals surface area (Å²) in [5, 5.41) is 2.60. The van der Waals surface area contributed by atoms with E-state index in [-0.39, 0.29) is 5.91 Å². The maximum absolute atomic E-state index is 10.9. The van der Waals surface area contributed by atoms with Crippen molar-refractivity contribution in [1.82, 2.24) is 5.32 Å². The van der Waals surface area contributed by atoms with Crippen molar-refractivity contribution < 1.29 is 4.79 Å². The number of allylic oxidation sites excluding steroid dienone is 3. The summed E-state index contributed by atoms with van der Waals surface area (Å²) in [5.74, 6) is 2.60. The summed E-state index contributed by atoms with van der Waals surface area (Å²) < 4.78 is 2.66. The maximum atomic E-state index is 10.9. The van der Waals surface area contributed by atoms with Crippen molar-refractivity contribution in [3.8, 4) is 9.85 Å². The third-order valence-electron chi connectivity index (χ3n) is 0.969. The summed E-state index contributed by atoms with van der Waals surface area (Å²) in [6, 6.07) is 0. The standard InChI is InChI=1S/C9H10INO/c1-2-3-4-6-9(12)11-8-5-7-10/h2-4,6H,8H2,1H3,(H,11,12). The molecule has 0 fully saturated rings. The van der Waals surface area contributed by atoms with Crippen LogP contribution in [-0.2, 0) is 4.79 Å². The highest BCUT2D eigenvalue weighted by Gasteiger charge is 1.88. The Morgan fingerprint density at radius 1 is 1.58 bits per heavy atom. The van der Waals surface area contributed by atoms with Crippen LogP contribution in [0.25, 0.3) is 0 Å². The Morgan fingerprint density at radius 3 is 2.92 bits per heavy atom. The zero-order chi connectivity index (χ0) is 9.23. The van der Waals surface area contributed by atoms with Crippen molar-refractivity contribution in [2.75, 3.05) is 6.54 Å². The summed E-state index contributed by atoms with van der Waals surface area (Å²) in [7, 11) is 0. The lowest BCUT2D eigenvalue weighted by Crippen LogP contribution is -2.20. The molecule has 0 rings (SSSR count). The second-order valence-corrected chi connectivity index (χ2v) is 2.41. The summed E-state index contributed by atoms with van der Waals surface area (Å²) in [6.45, 7) is 2.30. The Kier molecular flexibility index (Phi) is 7.81. The number of nitrogens with one attached hydrogen (secondary N) is 1. The lowest BCUT2D eigenvalue weighted by molar-refractivity contribution is -0.116. The summed E-state index contributed by atoms with van der Waals surface area (Å²) in [5.41, 5.74) is 0. The number of carbonyl (C=O) groups is 1. The largest absolute Gasteiger partial charge is 0.342 e. The number of rotatable bonds is 3. The minimum Gasteiger partial charge on any atom is -0.342 e. The number of amides is 1. The highest BCUT2D eigenvalue weighted by molar-refractivity contribution is 14.1. The highest BCUT2D eigenvalue weighted by atomic mass is 127. The summed E-state index contributed by atoms with van der Waals surface area (Å²) in [6.07, 6.45) is 6.81. The monoisotopic (exact) mass is 275 g/mol. The first kappa shape index (κ1) is 11.2. The minimum absolute atomic E-state index is 0.118. The van der Waals surface area contributed by atoms with E-state index >= 15 is 0 Å². The molecular formula is C9H10INO. The lowest BCUT2D eigenvalue weighted by Gasteiger charge is -1.91. The fourth-order valence-corrected chi connectivity index (χ4v) is 0.668. The SMILES string of the molecule is CC=CC=CC(=O)NCC#CI. The van der Waals surface area contributed by atoms with E-state index in [0.717, 1.165) is 0 Å². The molecule has 0 aromatic carbocycles. The van der Waals surface area contributed by atoms with Gasteiger partial charge in [0.05, 0.1) is 6.54 Å². The molecule has 0 radical (unpaired) electrons. The van der Waals surface area contributed by atoms with Crippen LogP contribution >= 0.6 is 22.6 Å². The molecule has 0 aliphatic rings. The Hall–Kier alpha value is -0.760. The van der Waals surface area contributed by atoms with Crippen LogP contribution in [0.2, 0.25) is 0 Å². The average molecular weight is 275 g/mol. The molecule has 1 N–H and O–H groups in total.